The molecule has 0 radical (unpaired) electrons. The van der Waals surface area contributed by atoms with Crippen molar-refractivity contribution in [1.29, 1.82) is 0 Å². The molecule has 0 aliphatic carbocycles. The number of nitrogens with two attached hydrogens (primary N) is 2. The van der Waals surface area contributed by atoms with E-state index in [1.54, 1.807) is 0 Å². The quantitative estimate of drug-likeness (QED) is 0.638. The molecule has 0 spiro atoms. The summed E-state index contributed by atoms with van der Waals surface area (Å²) in [4.78, 5) is 0. The van der Waals surface area contributed by atoms with Crippen LogP contribution in [0.3, 0.4) is 0 Å². The molecule has 0 aromatic carbocycles. The molecule has 0 bridgehead atoms. The van der Waals surface area contributed by atoms with E-state index >= 15 is 0 Å². The maximum Gasteiger partial charge on any atom is 0.192 e. The first-order valence-corrected chi connectivity index (χ1v) is 14.6. The molecule has 2 atom stereocenters. The third-order valence-electron chi connectivity index (χ3n) is 5.53. The molecule has 0 aliphatic heterocycles. The monoisotopic (exact) mass is 362 g/mol. The van der Waals surface area contributed by atoms with Gasteiger partial charge in [0.15, 0.2) is 16.6 Å². The van der Waals surface area contributed by atoms with E-state index in [4.69, 9.17) is 20.3 Å². The van der Waals surface area contributed by atoms with Gasteiger partial charge < -0.3 is 20.3 Å². The van der Waals surface area contributed by atoms with Crippen molar-refractivity contribution < 1.29 is 8.85 Å². The highest BCUT2D eigenvalue weighted by Gasteiger charge is 2.38. The molecule has 0 unspecified atom stereocenters. The number of hydrogen-bond acceptors (Lipinski definition) is 4. The first-order chi connectivity index (χ1) is 9.99. The van der Waals surface area contributed by atoms with Gasteiger partial charge in [-0.1, -0.05) is 41.5 Å². The Hall–Kier alpha value is 0.274. The van der Waals surface area contributed by atoms with E-state index in [9.17, 15) is 0 Å². The summed E-state index contributed by atoms with van der Waals surface area (Å²) in [5, 5.41) is 0.417. The van der Waals surface area contributed by atoms with Crippen LogP contribution >= 0.6 is 0 Å². The summed E-state index contributed by atoms with van der Waals surface area (Å²) >= 11 is 0. The highest BCUT2D eigenvalue weighted by molar-refractivity contribution is 6.74. The Bertz CT molecular complexity index is 327. The molecule has 0 heterocycles. The van der Waals surface area contributed by atoms with E-state index in [-0.39, 0.29) is 22.2 Å². The van der Waals surface area contributed by atoms with Gasteiger partial charge in [0.25, 0.3) is 0 Å². The zero-order valence-corrected chi connectivity index (χ0v) is 19.2. The van der Waals surface area contributed by atoms with Gasteiger partial charge in [0.2, 0.25) is 0 Å². The molecule has 140 valence electrons. The molecule has 0 aliphatic rings. The maximum absolute atomic E-state index is 6.22. The lowest BCUT2D eigenvalue weighted by Gasteiger charge is -2.38. The van der Waals surface area contributed by atoms with Gasteiger partial charge in [0, 0.05) is 25.3 Å². The summed E-state index contributed by atoms with van der Waals surface area (Å²) in [6, 6.07) is -0.0516. The van der Waals surface area contributed by atoms with E-state index in [2.05, 4.69) is 67.7 Å². The minimum atomic E-state index is -1.74. The predicted molar refractivity (Wildman–Crippen MR) is 107 cm³/mol. The maximum atomic E-state index is 6.22. The molecule has 4 N–H and O–H groups in total. The van der Waals surface area contributed by atoms with Gasteiger partial charge in [-0.05, 0) is 42.7 Å². The lowest BCUT2D eigenvalue weighted by Crippen LogP contribution is -2.47. The highest BCUT2D eigenvalue weighted by atomic mass is 28.4. The fourth-order valence-corrected chi connectivity index (χ4v) is 3.72. The molecule has 0 rings (SSSR count). The van der Waals surface area contributed by atoms with Gasteiger partial charge in [0.05, 0.1) is 0 Å². The van der Waals surface area contributed by atoms with Crippen LogP contribution in [0.4, 0.5) is 0 Å². The largest absolute Gasteiger partial charge is 0.415 e. The summed E-state index contributed by atoms with van der Waals surface area (Å²) in [7, 11) is -3.47. The summed E-state index contributed by atoms with van der Waals surface area (Å²) in [6.45, 7) is 23.6. The van der Waals surface area contributed by atoms with Crippen molar-refractivity contribution in [2.24, 2.45) is 11.5 Å². The Morgan fingerprint density at radius 3 is 1.17 bits per heavy atom. The second kappa shape index (κ2) is 8.10. The van der Waals surface area contributed by atoms with Crippen LogP contribution in [-0.2, 0) is 8.85 Å². The van der Waals surface area contributed by atoms with E-state index in [1.165, 1.54) is 0 Å². The van der Waals surface area contributed by atoms with E-state index in [0.717, 1.165) is 6.42 Å². The topological polar surface area (TPSA) is 70.5 Å². The van der Waals surface area contributed by atoms with Crippen molar-refractivity contribution in [3.05, 3.63) is 0 Å². The van der Waals surface area contributed by atoms with Crippen LogP contribution in [0.15, 0.2) is 0 Å². The van der Waals surface area contributed by atoms with Gasteiger partial charge in [-0.2, -0.15) is 0 Å². The lowest BCUT2D eigenvalue weighted by molar-refractivity contribution is 0.223. The third kappa shape index (κ3) is 7.79. The normalized spacial score (nSPS) is 17.2. The number of rotatable bonds is 8. The van der Waals surface area contributed by atoms with Crippen molar-refractivity contribution in [1.82, 2.24) is 0 Å². The fraction of sp³-hybridized carbons (Fsp3) is 1.00. The smallest absolute Gasteiger partial charge is 0.192 e. The van der Waals surface area contributed by atoms with Crippen molar-refractivity contribution in [2.75, 3.05) is 13.2 Å². The molecule has 0 amide bonds. The molecule has 4 nitrogen and oxygen atoms in total. The Kier molecular flexibility index (Phi) is 8.20. The summed E-state index contributed by atoms with van der Waals surface area (Å²) in [6.07, 6.45) is 0.739. The Morgan fingerprint density at radius 1 is 0.696 bits per heavy atom. The summed E-state index contributed by atoms with van der Waals surface area (Å²) in [5.41, 5.74) is 12.4. The van der Waals surface area contributed by atoms with Gasteiger partial charge in [-0.15, -0.1) is 0 Å². The summed E-state index contributed by atoms with van der Waals surface area (Å²) in [5.74, 6) is 0. The van der Waals surface area contributed by atoms with Gasteiger partial charge in [0.1, 0.15) is 0 Å². The average Bonchev–Trinajstić information content (AvgIpc) is 2.31. The zero-order valence-electron chi connectivity index (χ0n) is 17.2. The predicted octanol–water partition coefficient (Wildman–Crippen LogP) is 4.07. The highest BCUT2D eigenvalue weighted by Crippen LogP contribution is 2.37. The van der Waals surface area contributed by atoms with Crippen molar-refractivity contribution >= 4 is 16.6 Å². The molecule has 0 aromatic heterocycles. The van der Waals surface area contributed by atoms with Crippen LogP contribution in [0.1, 0.15) is 48.0 Å². The van der Waals surface area contributed by atoms with Gasteiger partial charge >= 0.3 is 0 Å². The second-order valence-electron chi connectivity index (χ2n) is 9.90. The van der Waals surface area contributed by atoms with E-state index in [1.807, 2.05) is 0 Å². The van der Waals surface area contributed by atoms with Crippen molar-refractivity contribution in [2.45, 2.75) is 96.3 Å². The molecule has 0 fully saturated rings. The summed E-state index contributed by atoms with van der Waals surface area (Å²) < 4.78 is 12.4. The minimum absolute atomic E-state index is 0.0258. The van der Waals surface area contributed by atoms with Crippen LogP contribution in [-0.4, -0.2) is 41.9 Å². The van der Waals surface area contributed by atoms with E-state index < -0.39 is 16.6 Å². The standard InChI is InChI=1S/C17H42N2O2Si2/c1-16(2,3)22(7,8)20-12-14(18)11-15(19)13-21-23(9,10)17(4,5)6/h14-15H,11-13,18-19H2,1-10H3/t14-,15-/m1/s1. The Labute approximate surface area is 146 Å². The van der Waals surface area contributed by atoms with Crippen LogP contribution in [0.25, 0.3) is 0 Å². The Balaban J connectivity index is 4.30. The minimum Gasteiger partial charge on any atom is -0.415 e. The SMILES string of the molecule is CC(C)(C)[Si](C)(C)OC[C@H](N)C[C@@H](N)CO[Si](C)(C)C(C)(C)C. The molecule has 6 heteroatoms. The fourth-order valence-electron chi connectivity index (χ4n) is 1.59. The third-order valence-corrected chi connectivity index (χ3v) is 14.5. The molecular weight excluding hydrogens is 320 g/mol. The molecular formula is C17H42N2O2Si2. The van der Waals surface area contributed by atoms with Crippen molar-refractivity contribution in [3.63, 3.8) is 0 Å². The lowest BCUT2D eigenvalue weighted by atomic mass is 10.1. The first kappa shape index (κ1) is 23.3. The van der Waals surface area contributed by atoms with Gasteiger partial charge in [-0.25, -0.2) is 0 Å². The molecule has 0 aromatic rings. The second-order valence-corrected chi connectivity index (χ2v) is 19.5. The van der Waals surface area contributed by atoms with Crippen LogP contribution in [0.5, 0.6) is 0 Å². The van der Waals surface area contributed by atoms with Crippen LogP contribution < -0.4 is 11.5 Å². The van der Waals surface area contributed by atoms with Crippen LogP contribution in [0.2, 0.25) is 36.3 Å². The first-order valence-electron chi connectivity index (χ1n) is 8.79. The van der Waals surface area contributed by atoms with Crippen molar-refractivity contribution in [3.8, 4) is 0 Å². The molecule has 0 saturated heterocycles. The van der Waals surface area contributed by atoms with E-state index in [0.29, 0.717) is 13.2 Å². The average molecular weight is 363 g/mol. The van der Waals surface area contributed by atoms with Gasteiger partial charge in [-0.3, -0.25) is 0 Å². The molecule has 0 saturated carbocycles. The zero-order chi connectivity index (χ0) is 18.7. The molecule has 23 heavy (non-hydrogen) atoms. The number of hydrogen-bond donors (Lipinski definition) is 2. The van der Waals surface area contributed by atoms with Crippen LogP contribution in [0, 0.1) is 0 Å². The Morgan fingerprint density at radius 2 is 0.957 bits per heavy atom.